The molecule has 0 saturated heterocycles. The van der Waals surface area contributed by atoms with E-state index in [4.69, 9.17) is 22.1 Å². The van der Waals surface area contributed by atoms with Gasteiger partial charge in [0.05, 0.1) is 6.61 Å². The van der Waals surface area contributed by atoms with Gasteiger partial charge in [0.1, 0.15) is 5.82 Å². The van der Waals surface area contributed by atoms with Crippen molar-refractivity contribution in [2.75, 3.05) is 20.3 Å². The lowest BCUT2D eigenvalue weighted by Gasteiger charge is -2.06. The second-order valence-corrected chi connectivity index (χ2v) is 4.23. The van der Waals surface area contributed by atoms with E-state index in [1.165, 1.54) is 6.07 Å². The van der Waals surface area contributed by atoms with E-state index in [-0.39, 0.29) is 5.82 Å². The molecular formula is C13H17ClFNO. The molecule has 1 rings (SSSR count). The molecule has 0 aromatic heterocycles. The fourth-order valence-corrected chi connectivity index (χ4v) is 1.70. The third-order valence-corrected chi connectivity index (χ3v) is 2.59. The molecule has 0 aliphatic rings. The Bertz CT molecular complexity index is 393. The van der Waals surface area contributed by atoms with Crippen molar-refractivity contribution >= 4 is 17.7 Å². The van der Waals surface area contributed by atoms with Crippen LogP contribution in [0.4, 0.5) is 4.39 Å². The van der Waals surface area contributed by atoms with Crippen LogP contribution in [0.2, 0.25) is 5.02 Å². The van der Waals surface area contributed by atoms with E-state index < -0.39 is 0 Å². The lowest BCUT2D eigenvalue weighted by atomic mass is 10.1. The Kier molecular flexibility index (Phi) is 6.19. The summed E-state index contributed by atoms with van der Waals surface area (Å²) in [4.78, 5) is 0. The Balaban J connectivity index is 2.87. The van der Waals surface area contributed by atoms with Gasteiger partial charge < -0.3 is 10.5 Å². The number of hydrogen-bond acceptors (Lipinski definition) is 2. The van der Waals surface area contributed by atoms with Crippen molar-refractivity contribution in [1.29, 1.82) is 0 Å². The summed E-state index contributed by atoms with van der Waals surface area (Å²) >= 11 is 5.70. The molecule has 1 aromatic carbocycles. The fourth-order valence-electron chi connectivity index (χ4n) is 1.54. The summed E-state index contributed by atoms with van der Waals surface area (Å²) in [7, 11) is 1.62. The summed E-state index contributed by atoms with van der Waals surface area (Å²) in [6, 6.07) is 4.64. The van der Waals surface area contributed by atoms with Crippen LogP contribution >= 0.6 is 11.6 Å². The maximum Gasteiger partial charge on any atom is 0.131 e. The highest BCUT2D eigenvalue weighted by molar-refractivity contribution is 6.30. The largest absolute Gasteiger partial charge is 0.380 e. The van der Waals surface area contributed by atoms with Crippen molar-refractivity contribution in [2.24, 2.45) is 5.73 Å². The minimum absolute atomic E-state index is 0.321. The SMILES string of the molecule is COC/C(=C/c1ccc(Cl)cc1F)CCCN. The predicted molar refractivity (Wildman–Crippen MR) is 69.6 cm³/mol. The van der Waals surface area contributed by atoms with Crippen LogP contribution < -0.4 is 5.73 Å². The maximum absolute atomic E-state index is 13.6. The minimum Gasteiger partial charge on any atom is -0.380 e. The molecule has 94 valence electrons. The molecule has 1 aromatic rings. The van der Waals surface area contributed by atoms with Gasteiger partial charge >= 0.3 is 0 Å². The molecule has 0 atom stereocenters. The van der Waals surface area contributed by atoms with E-state index in [0.29, 0.717) is 23.7 Å². The van der Waals surface area contributed by atoms with Crippen molar-refractivity contribution in [2.45, 2.75) is 12.8 Å². The number of methoxy groups -OCH3 is 1. The molecule has 0 spiro atoms. The van der Waals surface area contributed by atoms with Gasteiger partial charge in [0, 0.05) is 17.7 Å². The molecule has 0 heterocycles. The monoisotopic (exact) mass is 257 g/mol. The average molecular weight is 258 g/mol. The van der Waals surface area contributed by atoms with E-state index >= 15 is 0 Å². The molecule has 17 heavy (non-hydrogen) atoms. The molecule has 4 heteroatoms. The molecule has 0 radical (unpaired) electrons. The predicted octanol–water partition coefficient (Wildman–Crippen LogP) is 3.25. The Labute approximate surface area is 106 Å². The van der Waals surface area contributed by atoms with Crippen molar-refractivity contribution in [3.05, 3.63) is 40.2 Å². The van der Waals surface area contributed by atoms with E-state index in [1.54, 1.807) is 25.3 Å². The molecule has 0 amide bonds. The van der Waals surface area contributed by atoms with Crippen molar-refractivity contribution in [1.82, 2.24) is 0 Å². The molecule has 2 N–H and O–H groups in total. The third kappa shape index (κ3) is 4.86. The smallest absolute Gasteiger partial charge is 0.131 e. The molecule has 0 saturated carbocycles. The number of ether oxygens (including phenoxy) is 1. The van der Waals surface area contributed by atoms with E-state index in [1.807, 2.05) is 0 Å². The normalized spacial score (nSPS) is 11.9. The van der Waals surface area contributed by atoms with Crippen LogP contribution in [-0.4, -0.2) is 20.3 Å². The van der Waals surface area contributed by atoms with Gasteiger partial charge in [-0.1, -0.05) is 23.7 Å². The standard InChI is InChI=1S/C13H17ClFNO/c1-17-9-10(3-2-6-16)7-11-4-5-12(14)8-13(11)15/h4-5,7-8H,2-3,6,9,16H2,1H3/b10-7+. The van der Waals surface area contributed by atoms with Crippen LogP contribution in [0, 0.1) is 5.82 Å². The molecule has 0 unspecified atom stereocenters. The molecule has 0 fully saturated rings. The summed E-state index contributed by atoms with van der Waals surface area (Å²) in [5.41, 5.74) is 7.01. The summed E-state index contributed by atoms with van der Waals surface area (Å²) in [5, 5.41) is 0.398. The van der Waals surface area contributed by atoms with E-state index in [2.05, 4.69) is 0 Å². The molecule has 0 aliphatic heterocycles. The number of halogens is 2. The van der Waals surface area contributed by atoms with Crippen LogP contribution in [0.3, 0.4) is 0 Å². The lowest BCUT2D eigenvalue weighted by molar-refractivity contribution is 0.223. The first-order chi connectivity index (χ1) is 8.17. The topological polar surface area (TPSA) is 35.2 Å². The van der Waals surface area contributed by atoms with Crippen molar-refractivity contribution in [3.63, 3.8) is 0 Å². The Hall–Kier alpha value is -0.900. The van der Waals surface area contributed by atoms with Gasteiger partial charge in [0.15, 0.2) is 0 Å². The highest BCUT2D eigenvalue weighted by Crippen LogP contribution is 2.18. The van der Waals surface area contributed by atoms with Crippen LogP contribution in [-0.2, 0) is 4.74 Å². The number of hydrogen-bond donors (Lipinski definition) is 1. The highest BCUT2D eigenvalue weighted by atomic mass is 35.5. The van der Waals surface area contributed by atoms with Gasteiger partial charge in [-0.3, -0.25) is 0 Å². The summed E-state index contributed by atoms with van der Waals surface area (Å²) < 4.78 is 18.7. The number of benzene rings is 1. The number of rotatable bonds is 6. The van der Waals surface area contributed by atoms with Crippen LogP contribution in [0.1, 0.15) is 18.4 Å². The zero-order valence-electron chi connectivity index (χ0n) is 9.88. The first-order valence-corrected chi connectivity index (χ1v) is 5.88. The Morgan fingerprint density at radius 1 is 1.53 bits per heavy atom. The molecule has 2 nitrogen and oxygen atoms in total. The summed E-state index contributed by atoms with van der Waals surface area (Å²) in [6.45, 7) is 1.10. The molecule has 0 bridgehead atoms. The average Bonchev–Trinajstić information content (AvgIpc) is 2.29. The van der Waals surface area contributed by atoms with Gasteiger partial charge in [-0.25, -0.2) is 4.39 Å². The van der Waals surface area contributed by atoms with Gasteiger partial charge in [-0.15, -0.1) is 0 Å². The van der Waals surface area contributed by atoms with Crippen LogP contribution in [0.25, 0.3) is 6.08 Å². The first-order valence-electron chi connectivity index (χ1n) is 5.51. The van der Waals surface area contributed by atoms with Gasteiger partial charge in [-0.05, 0) is 37.1 Å². The quantitative estimate of drug-likeness (QED) is 0.849. The van der Waals surface area contributed by atoms with Gasteiger partial charge in [0.25, 0.3) is 0 Å². The first kappa shape index (κ1) is 14.2. The fraction of sp³-hybridized carbons (Fsp3) is 0.385. The summed E-state index contributed by atoms with van der Waals surface area (Å²) in [6.07, 6.45) is 3.47. The van der Waals surface area contributed by atoms with Crippen molar-refractivity contribution < 1.29 is 9.13 Å². The van der Waals surface area contributed by atoms with Crippen LogP contribution in [0.15, 0.2) is 23.8 Å². The highest BCUT2D eigenvalue weighted by Gasteiger charge is 2.03. The third-order valence-electron chi connectivity index (χ3n) is 2.35. The van der Waals surface area contributed by atoms with E-state index in [9.17, 15) is 4.39 Å². The van der Waals surface area contributed by atoms with Crippen LogP contribution in [0.5, 0.6) is 0 Å². The second-order valence-electron chi connectivity index (χ2n) is 3.79. The molecule has 0 aliphatic carbocycles. The second kappa shape index (κ2) is 7.43. The van der Waals surface area contributed by atoms with E-state index in [0.717, 1.165) is 18.4 Å². The minimum atomic E-state index is -0.321. The molecular weight excluding hydrogens is 241 g/mol. The summed E-state index contributed by atoms with van der Waals surface area (Å²) in [5.74, 6) is -0.321. The Morgan fingerprint density at radius 2 is 2.29 bits per heavy atom. The van der Waals surface area contributed by atoms with Gasteiger partial charge in [-0.2, -0.15) is 0 Å². The number of nitrogens with two attached hydrogens (primary N) is 1. The zero-order chi connectivity index (χ0) is 12.7. The lowest BCUT2D eigenvalue weighted by Crippen LogP contribution is -2.02. The van der Waals surface area contributed by atoms with Gasteiger partial charge in [0.2, 0.25) is 0 Å². The zero-order valence-corrected chi connectivity index (χ0v) is 10.6. The van der Waals surface area contributed by atoms with Crippen molar-refractivity contribution in [3.8, 4) is 0 Å². The Morgan fingerprint density at radius 3 is 2.88 bits per heavy atom. The maximum atomic E-state index is 13.6.